The zero-order chi connectivity index (χ0) is 28.4. The fraction of sp³-hybridized carbons (Fsp3) is 0.273. The minimum Gasteiger partial charge on any atom is -0.477 e. The second-order valence-corrected chi connectivity index (χ2v) is 11.1. The third-order valence-corrected chi connectivity index (χ3v) is 8.32. The molecule has 3 aromatic rings. The maximum atomic E-state index is 13.0. The number of imidazole rings is 1. The summed E-state index contributed by atoms with van der Waals surface area (Å²) in [5.41, 5.74) is 6.39. The van der Waals surface area contributed by atoms with Crippen molar-refractivity contribution in [2.24, 2.45) is 12.2 Å². The van der Waals surface area contributed by atoms with E-state index in [2.05, 4.69) is 24.9 Å². The Morgan fingerprint density at radius 2 is 2.27 bits per heavy atom. The molecule has 0 bridgehead atoms. The number of nitrogens with one attached hydrogen (secondary N) is 1. The van der Waals surface area contributed by atoms with Gasteiger partial charge in [0.05, 0.1) is 7.05 Å². The third kappa shape index (κ3) is 5.36. The summed E-state index contributed by atoms with van der Waals surface area (Å²) >= 11 is 3.42. The second-order valence-electron chi connectivity index (χ2n) is 8.26. The molecule has 2 aliphatic heterocycles. The number of allylic oxidation sites excluding steroid dienone is 1. The summed E-state index contributed by atoms with van der Waals surface area (Å²) in [5.74, 6) is -2.59. The number of aryl methyl sites for hydroxylation is 1. The number of nitrogens with zero attached hydrogens (tertiary/aromatic N) is 7. The number of thioether (sulfide) groups is 2. The van der Waals surface area contributed by atoms with Crippen molar-refractivity contribution in [2.45, 2.75) is 16.4 Å². The number of carboxylic acid groups (broad SMARTS) is 1. The van der Waals surface area contributed by atoms with Gasteiger partial charge in [0.1, 0.15) is 41.6 Å². The summed E-state index contributed by atoms with van der Waals surface area (Å²) in [6, 6.07) is 2.74. The largest absolute Gasteiger partial charge is 0.477 e. The smallest absolute Gasteiger partial charge is 0.352 e. The van der Waals surface area contributed by atoms with Gasteiger partial charge in [-0.05, 0) is 23.1 Å². The number of aliphatic carboxylic acids is 1. The molecule has 14 nitrogen and oxygen atoms in total. The molecule has 1 saturated heterocycles. The zero-order valence-corrected chi connectivity index (χ0v) is 23.1. The van der Waals surface area contributed by atoms with Crippen LogP contribution in [0.15, 0.2) is 57.5 Å². The highest BCUT2D eigenvalue weighted by Gasteiger charge is 2.54. The van der Waals surface area contributed by atoms with Crippen LogP contribution >= 0.6 is 35.1 Å². The van der Waals surface area contributed by atoms with Gasteiger partial charge in [-0.2, -0.15) is 9.36 Å². The molecule has 2 amide bonds. The molecule has 0 aliphatic carbocycles. The molecule has 2 atom stereocenters. The number of β-lactam (4-membered cyclic amide) rings is 1. The number of anilines is 1. The van der Waals surface area contributed by atoms with Crippen molar-refractivity contribution in [2.75, 3.05) is 24.8 Å². The molecule has 5 rings (SSSR count). The molecule has 1 fully saturated rings. The number of carbonyl (C=O) groups is 3. The Bertz CT molecular complexity index is 1590. The van der Waals surface area contributed by atoms with Gasteiger partial charge in [-0.15, -0.1) is 16.3 Å². The minimum absolute atomic E-state index is 0.0693. The van der Waals surface area contributed by atoms with Crippen molar-refractivity contribution >= 4 is 69.3 Å². The Kier molecular flexibility index (Phi) is 7.99. The Labute approximate surface area is 237 Å². The molecule has 208 valence electrons. The normalized spacial score (nSPS) is 19.2. The lowest BCUT2D eigenvalue weighted by atomic mass is 10.0. The summed E-state index contributed by atoms with van der Waals surface area (Å²) in [4.78, 5) is 47.9. The monoisotopic (exact) mass is 606 g/mol. The van der Waals surface area contributed by atoms with Gasteiger partial charge < -0.3 is 21.0 Å². The lowest BCUT2D eigenvalue weighted by Crippen LogP contribution is -2.71. The summed E-state index contributed by atoms with van der Waals surface area (Å²) in [6.45, 7) is -1.24. The number of oxime groups is 1. The van der Waals surface area contributed by atoms with Crippen LogP contribution in [-0.4, -0.2) is 82.9 Å². The van der Waals surface area contributed by atoms with Crippen LogP contribution in [-0.2, 0) is 26.3 Å². The van der Waals surface area contributed by atoms with Crippen LogP contribution in [0.25, 0.3) is 5.65 Å². The van der Waals surface area contributed by atoms with Crippen molar-refractivity contribution in [1.82, 2.24) is 29.2 Å². The van der Waals surface area contributed by atoms with Crippen molar-refractivity contribution in [3.63, 3.8) is 0 Å². The van der Waals surface area contributed by atoms with Crippen LogP contribution in [0, 0.1) is 0 Å². The fourth-order valence-electron chi connectivity index (χ4n) is 3.93. The van der Waals surface area contributed by atoms with Crippen LogP contribution in [0.3, 0.4) is 0 Å². The molecule has 0 radical (unpaired) electrons. The summed E-state index contributed by atoms with van der Waals surface area (Å²) < 4.78 is 20.0. The van der Waals surface area contributed by atoms with Gasteiger partial charge in [-0.3, -0.25) is 14.5 Å². The molecule has 40 heavy (non-hydrogen) atoms. The SMILES string of the molecule is C[n+]1ccn2nc(S/C=C/C3=C(C(=O)O)N4C(=O)[C@@H](NC(=O)/C(=N\OCCF)c5nsc(N)n5)[C@H]4SC3)ccc21. The fourth-order valence-corrected chi connectivity index (χ4v) is 6.34. The van der Waals surface area contributed by atoms with E-state index >= 15 is 0 Å². The number of carboxylic acids is 1. The van der Waals surface area contributed by atoms with Crippen LogP contribution in [0.4, 0.5) is 9.52 Å². The van der Waals surface area contributed by atoms with Gasteiger partial charge in [-0.25, -0.2) is 13.8 Å². The minimum atomic E-state index is -1.27. The highest BCUT2D eigenvalue weighted by atomic mass is 32.2. The molecular weight excluding hydrogens is 585 g/mol. The number of alkyl halides is 1. The van der Waals surface area contributed by atoms with Crippen LogP contribution in [0.5, 0.6) is 0 Å². The van der Waals surface area contributed by atoms with Gasteiger partial charge in [0.25, 0.3) is 11.8 Å². The predicted molar refractivity (Wildman–Crippen MR) is 144 cm³/mol. The van der Waals surface area contributed by atoms with Crippen LogP contribution in [0.2, 0.25) is 0 Å². The van der Waals surface area contributed by atoms with Crippen molar-refractivity contribution in [1.29, 1.82) is 0 Å². The van der Waals surface area contributed by atoms with E-state index in [0.717, 1.165) is 22.1 Å². The van der Waals surface area contributed by atoms with E-state index in [1.54, 1.807) is 16.0 Å². The topological polar surface area (TPSA) is 181 Å². The number of aromatic nitrogens is 5. The lowest BCUT2D eigenvalue weighted by molar-refractivity contribution is -0.644. The van der Waals surface area contributed by atoms with E-state index in [1.165, 1.54) is 23.5 Å². The molecule has 0 spiro atoms. The first-order chi connectivity index (χ1) is 19.3. The molecule has 0 unspecified atom stereocenters. The standard InChI is InChI=1S/C22H20FN9O5S3/c1-30-6-7-31-13(30)3-2-12(27-31)38-9-4-11-10-39-20-15(19(34)32(20)16(11)21(35)36)25-18(33)14(28-37-8-5-23)17-26-22(24)40-29-17/h2-4,6-7,9,15,20H,5,8,10H2,1H3,(H3-,24,25,26,29,33,35,36)/p+1/b9-4+,28-14-/t15-,20-/m1/s1. The van der Waals surface area contributed by atoms with Crippen LogP contribution < -0.4 is 15.6 Å². The number of carbonyl (C=O) groups excluding carboxylic acids is 2. The number of hydrogen-bond donors (Lipinski definition) is 3. The van der Waals surface area contributed by atoms with Crippen molar-refractivity contribution in [3.05, 3.63) is 53.1 Å². The van der Waals surface area contributed by atoms with Gasteiger partial charge in [-0.1, -0.05) is 22.0 Å². The summed E-state index contributed by atoms with van der Waals surface area (Å²) in [5, 5.41) is 22.4. The van der Waals surface area contributed by atoms with Gasteiger partial charge in [0.15, 0.2) is 11.3 Å². The number of nitrogens with two attached hydrogens (primary N) is 1. The Hall–Kier alpha value is -4.03. The molecule has 3 aromatic heterocycles. The number of nitrogen functional groups attached to an aromatic ring is 1. The zero-order valence-electron chi connectivity index (χ0n) is 20.6. The van der Waals surface area contributed by atoms with E-state index in [-0.39, 0.29) is 28.1 Å². The predicted octanol–water partition coefficient (Wildman–Crippen LogP) is 0.327. The first-order valence-electron chi connectivity index (χ1n) is 11.5. The molecule has 0 saturated carbocycles. The van der Waals surface area contributed by atoms with E-state index in [4.69, 9.17) is 10.6 Å². The number of fused-ring (bicyclic) bond motifs is 2. The number of hydrogen-bond acceptors (Lipinski definition) is 12. The molecular formula is C22H21FN9O5S3+. The first-order valence-corrected chi connectivity index (χ1v) is 14.2. The van der Waals surface area contributed by atoms with E-state index in [0.29, 0.717) is 10.6 Å². The highest BCUT2D eigenvalue weighted by molar-refractivity contribution is 8.02. The molecule has 0 aromatic carbocycles. The number of halogens is 1. The van der Waals surface area contributed by atoms with Crippen molar-refractivity contribution in [3.8, 4) is 0 Å². The Balaban J connectivity index is 1.30. The van der Waals surface area contributed by atoms with Crippen molar-refractivity contribution < 1.29 is 33.3 Å². The maximum Gasteiger partial charge on any atom is 0.352 e. The van der Waals surface area contributed by atoms with E-state index < -0.39 is 42.5 Å². The second kappa shape index (κ2) is 11.6. The molecule has 5 heterocycles. The van der Waals surface area contributed by atoms with Gasteiger partial charge in [0, 0.05) is 23.4 Å². The average molecular weight is 607 g/mol. The quantitative estimate of drug-likeness (QED) is 0.0722. The third-order valence-electron chi connectivity index (χ3n) is 5.75. The first kappa shape index (κ1) is 27.5. The Morgan fingerprint density at radius 1 is 1.45 bits per heavy atom. The average Bonchev–Trinajstić information content (AvgIpc) is 3.53. The Morgan fingerprint density at radius 3 is 3.00 bits per heavy atom. The number of rotatable bonds is 10. The van der Waals surface area contributed by atoms with Gasteiger partial charge in [0.2, 0.25) is 11.5 Å². The van der Waals surface area contributed by atoms with E-state index in [1.807, 2.05) is 36.1 Å². The van der Waals surface area contributed by atoms with E-state index in [9.17, 15) is 23.9 Å². The number of amides is 2. The van der Waals surface area contributed by atoms with Crippen LogP contribution in [0.1, 0.15) is 5.82 Å². The highest BCUT2D eigenvalue weighted by Crippen LogP contribution is 2.41. The summed E-state index contributed by atoms with van der Waals surface area (Å²) in [7, 11) is 1.91. The maximum absolute atomic E-state index is 13.0. The lowest BCUT2D eigenvalue weighted by Gasteiger charge is -2.49. The van der Waals surface area contributed by atoms with Gasteiger partial charge >= 0.3 is 11.6 Å². The summed E-state index contributed by atoms with van der Waals surface area (Å²) in [6.07, 6.45) is 5.35. The molecule has 4 N–H and O–H groups in total. The molecule has 2 aliphatic rings. The molecule has 18 heteroatoms.